The van der Waals surface area contributed by atoms with Gasteiger partial charge in [0.25, 0.3) is 0 Å². The van der Waals surface area contributed by atoms with E-state index < -0.39 is 0 Å². The van der Waals surface area contributed by atoms with E-state index in [2.05, 4.69) is 179 Å². The lowest BCUT2D eigenvalue weighted by Gasteiger charge is -2.13. The zero-order valence-electron chi connectivity index (χ0n) is 29.5. The van der Waals surface area contributed by atoms with E-state index in [0.29, 0.717) is 5.82 Å². The number of para-hydroxylation sites is 3. The van der Waals surface area contributed by atoms with Crippen LogP contribution in [-0.4, -0.2) is 19.1 Å². The number of hydrogen-bond donors (Lipinski definition) is 0. The summed E-state index contributed by atoms with van der Waals surface area (Å²) in [6, 6.07) is 65.0. The second kappa shape index (κ2) is 11.7. The van der Waals surface area contributed by atoms with Crippen LogP contribution in [0.15, 0.2) is 182 Å². The van der Waals surface area contributed by atoms with Gasteiger partial charge in [0.1, 0.15) is 5.82 Å². The lowest BCUT2D eigenvalue weighted by molar-refractivity contribution is 1.05. The Hall–Kier alpha value is -7.08. The van der Waals surface area contributed by atoms with Crippen molar-refractivity contribution in [3.63, 3.8) is 0 Å². The topological polar surface area (TPSA) is 35.6 Å². The van der Waals surface area contributed by atoms with Crippen molar-refractivity contribution in [3.05, 3.63) is 182 Å². The van der Waals surface area contributed by atoms with Crippen LogP contribution in [0.4, 0.5) is 0 Å². The second-order valence-electron chi connectivity index (χ2n) is 14.1. The summed E-state index contributed by atoms with van der Waals surface area (Å²) >= 11 is 1.88. The van der Waals surface area contributed by atoms with Gasteiger partial charge in [-0.05, 0) is 47.2 Å². The van der Waals surface area contributed by atoms with Gasteiger partial charge in [0, 0.05) is 59.9 Å². The molecule has 55 heavy (non-hydrogen) atoms. The van der Waals surface area contributed by atoms with E-state index in [1.54, 1.807) is 0 Å². The van der Waals surface area contributed by atoms with E-state index in [1.165, 1.54) is 69.0 Å². The maximum Gasteiger partial charge on any atom is 0.162 e. The Morgan fingerprint density at radius 1 is 0.400 bits per heavy atom. The van der Waals surface area contributed by atoms with Gasteiger partial charge in [0.15, 0.2) is 5.82 Å². The molecular formula is C50H30N4S. The molecule has 8 aromatic carbocycles. The van der Waals surface area contributed by atoms with Crippen LogP contribution in [0, 0.1) is 0 Å². The Labute approximate surface area is 319 Å². The Balaban J connectivity index is 1.26. The number of thiophene rings is 1. The Morgan fingerprint density at radius 3 is 1.71 bits per heavy atom. The number of fused-ring (bicyclic) bond motifs is 13. The summed E-state index contributed by atoms with van der Waals surface area (Å²) in [6.45, 7) is 0. The second-order valence-corrected chi connectivity index (χ2v) is 15.2. The molecule has 0 aliphatic carbocycles. The molecule has 0 radical (unpaired) electrons. The molecule has 0 saturated heterocycles. The average molecular weight is 719 g/mol. The molecule has 0 bridgehead atoms. The molecular weight excluding hydrogens is 689 g/mol. The van der Waals surface area contributed by atoms with Gasteiger partial charge < -0.3 is 4.57 Å². The monoisotopic (exact) mass is 718 g/mol. The van der Waals surface area contributed by atoms with Crippen LogP contribution >= 0.6 is 11.3 Å². The van der Waals surface area contributed by atoms with Crippen LogP contribution in [0.3, 0.4) is 0 Å². The number of hydrogen-bond acceptors (Lipinski definition) is 3. The van der Waals surface area contributed by atoms with E-state index in [1.807, 2.05) is 23.5 Å². The Morgan fingerprint density at radius 2 is 0.982 bits per heavy atom. The molecule has 4 heterocycles. The summed E-state index contributed by atoms with van der Waals surface area (Å²) in [6.07, 6.45) is 0. The van der Waals surface area contributed by atoms with Crippen molar-refractivity contribution in [1.82, 2.24) is 19.1 Å². The molecule has 0 fully saturated rings. The highest BCUT2D eigenvalue weighted by molar-refractivity contribution is 7.27. The molecule has 12 aromatic rings. The Bertz CT molecular complexity index is 3410. The molecule has 0 N–H and O–H groups in total. The highest BCUT2D eigenvalue weighted by Gasteiger charge is 2.24. The van der Waals surface area contributed by atoms with E-state index in [0.717, 1.165) is 33.8 Å². The molecule has 0 spiro atoms. The van der Waals surface area contributed by atoms with Crippen molar-refractivity contribution >= 4 is 85.9 Å². The van der Waals surface area contributed by atoms with Gasteiger partial charge in [-0.25, -0.2) is 9.97 Å². The highest BCUT2D eigenvalue weighted by Crippen LogP contribution is 2.49. The minimum atomic E-state index is 0.701. The normalized spacial score (nSPS) is 12.0. The Kier molecular flexibility index (Phi) is 6.47. The molecule has 0 amide bonds. The predicted molar refractivity (Wildman–Crippen MR) is 232 cm³/mol. The van der Waals surface area contributed by atoms with E-state index in [-0.39, 0.29) is 0 Å². The van der Waals surface area contributed by atoms with Crippen molar-refractivity contribution in [2.24, 2.45) is 0 Å². The average Bonchev–Trinajstić information content (AvgIpc) is 3.91. The highest BCUT2D eigenvalue weighted by atomic mass is 32.1. The first-order valence-electron chi connectivity index (χ1n) is 18.6. The summed E-state index contributed by atoms with van der Waals surface area (Å²) in [5.74, 6) is 1.55. The van der Waals surface area contributed by atoms with Crippen molar-refractivity contribution < 1.29 is 0 Å². The van der Waals surface area contributed by atoms with Gasteiger partial charge >= 0.3 is 0 Å². The maximum absolute atomic E-state index is 5.38. The van der Waals surface area contributed by atoms with E-state index >= 15 is 0 Å². The standard InChI is InChI=1S/C50H30N4S/c1-4-16-31(17-5-1)40-29-45(52-50(51-40)32-18-6-2-7-19-32)54-42-27-15-13-25-37(42)46-35-23-10-11-24-36(35)47-39-28-38-34-22-12-14-26-41(34)53(33-20-8-3-9-21-33)43(38)30-44(39)55-49(47)48(46)54/h1-30H. The molecule has 0 saturated carbocycles. The number of nitrogens with zero attached hydrogens (tertiary/aromatic N) is 4. The molecule has 5 heteroatoms. The largest absolute Gasteiger partial charge is 0.309 e. The zero-order valence-corrected chi connectivity index (χ0v) is 30.3. The van der Waals surface area contributed by atoms with Crippen molar-refractivity contribution in [3.8, 4) is 34.2 Å². The van der Waals surface area contributed by atoms with Gasteiger partial charge in [0.05, 0.1) is 32.5 Å². The first-order chi connectivity index (χ1) is 27.3. The fraction of sp³-hybridized carbons (Fsp3) is 0. The summed E-state index contributed by atoms with van der Waals surface area (Å²) in [4.78, 5) is 10.5. The van der Waals surface area contributed by atoms with Gasteiger partial charge in [-0.15, -0.1) is 11.3 Å². The SMILES string of the molecule is c1ccc(-c2cc(-n3c4ccccc4c4c5ccccc5c5c6cc7c8ccccc8n(-c8ccccc8)c7cc6sc5c43)nc(-c3ccccc3)n2)cc1. The maximum atomic E-state index is 5.38. The van der Waals surface area contributed by atoms with E-state index in [4.69, 9.17) is 9.97 Å². The van der Waals surface area contributed by atoms with Crippen LogP contribution in [0.1, 0.15) is 0 Å². The summed E-state index contributed by atoms with van der Waals surface area (Å²) in [5, 5.41) is 10.0. The van der Waals surface area contributed by atoms with Crippen LogP contribution in [0.2, 0.25) is 0 Å². The third-order valence-electron chi connectivity index (χ3n) is 11.1. The molecule has 0 unspecified atom stereocenters. The first-order valence-corrected chi connectivity index (χ1v) is 19.4. The smallest absolute Gasteiger partial charge is 0.162 e. The third-order valence-corrected chi connectivity index (χ3v) is 12.3. The summed E-state index contributed by atoms with van der Waals surface area (Å²) in [5.41, 5.74) is 8.81. The molecule has 256 valence electrons. The van der Waals surface area contributed by atoms with Crippen molar-refractivity contribution in [2.75, 3.05) is 0 Å². The van der Waals surface area contributed by atoms with Gasteiger partial charge in [-0.2, -0.15) is 0 Å². The number of aromatic nitrogens is 4. The van der Waals surface area contributed by atoms with Crippen molar-refractivity contribution in [2.45, 2.75) is 0 Å². The van der Waals surface area contributed by atoms with Crippen LogP contribution in [-0.2, 0) is 0 Å². The molecule has 12 rings (SSSR count). The fourth-order valence-electron chi connectivity index (χ4n) is 8.76. The van der Waals surface area contributed by atoms with Crippen molar-refractivity contribution in [1.29, 1.82) is 0 Å². The number of benzene rings is 8. The minimum Gasteiger partial charge on any atom is -0.309 e. The van der Waals surface area contributed by atoms with Crippen LogP contribution in [0.5, 0.6) is 0 Å². The molecule has 0 aliphatic rings. The first kappa shape index (κ1) is 30.4. The van der Waals surface area contributed by atoms with Crippen LogP contribution < -0.4 is 0 Å². The molecule has 4 aromatic heterocycles. The van der Waals surface area contributed by atoms with Gasteiger partial charge in [-0.3, -0.25) is 4.57 Å². The molecule has 0 aliphatic heterocycles. The third kappa shape index (κ3) is 4.45. The lowest BCUT2D eigenvalue weighted by atomic mass is 9.98. The minimum absolute atomic E-state index is 0.701. The quantitative estimate of drug-likeness (QED) is 0.182. The van der Waals surface area contributed by atoms with E-state index in [9.17, 15) is 0 Å². The molecule has 4 nitrogen and oxygen atoms in total. The fourth-order valence-corrected chi connectivity index (χ4v) is 10.0. The van der Waals surface area contributed by atoms with Gasteiger partial charge in [0.2, 0.25) is 0 Å². The predicted octanol–water partition coefficient (Wildman–Crippen LogP) is 13.5. The van der Waals surface area contributed by atoms with Crippen LogP contribution in [0.25, 0.3) is 109 Å². The summed E-state index contributed by atoms with van der Waals surface area (Å²) < 4.78 is 7.32. The van der Waals surface area contributed by atoms with Gasteiger partial charge in [-0.1, -0.05) is 140 Å². The summed E-state index contributed by atoms with van der Waals surface area (Å²) in [7, 11) is 0. The molecule has 0 atom stereocenters. The lowest BCUT2D eigenvalue weighted by Crippen LogP contribution is -2.02. The number of rotatable bonds is 4. The zero-order chi connectivity index (χ0) is 36.0.